The number of anilines is 1. The Hall–Kier alpha value is -2.53. The van der Waals surface area contributed by atoms with Crippen molar-refractivity contribution in [2.75, 3.05) is 37.8 Å². The highest BCUT2D eigenvalue weighted by molar-refractivity contribution is 5.77. The molecule has 1 saturated heterocycles. The third-order valence-corrected chi connectivity index (χ3v) is 4.16. The first-order valence-corrected chi connectivity index (χ1v) is 8.58. The monoisotopic (exact) mass is 340 g/mol. The number of hydrogen-bond acceptors (Lipinski definition) is 4. The van der Waals surface area contributed by atoms with Gasteiger partial charge in [0, 0.05) is 25.3 Å². The van der Waals surface area contributed by atoms with E-state index in [0.29, 0.717) is 12.3 Å². The molecule has 132 valence electrons. The van der Waals surface area contributed by atoms with E-state index in [2.05, 4.69) is 22.3 Å². The van der Waals surface area contributed by atoms with Crippen molar-refractivity contribution >= 4 is 11.6 Å². The van der Waals surface area contributed by atoms with E-state index in [-0.39, 0.29) is 12.5 Å². The highest BCUT2D eigenvalue weighted by Crippen LogP contribution is 2.16. The van der Waals surface area contributed by atoms with Crippen LogP contribution >= 0.6 is 0 Å². The zero-order chi connectivity index (χ0) is 17.5. The van der Waals surface area contributed by atoms with Crippen LogP contribution in [0.3, 0.4) is 0 Å². The van der Waals surface area contributed by atoms with E-state index < -0.39 is 0 Å². The van der Waals surface area contributed by atoms with E-state index in [0.717, 1.165) is 37.4 Å². The summed E-state index contributed by atoms with van der Waals surface area (Å²) in [5, 5.41) is 2.89. The summed E-state index contributed by atoms with van der Waals surface area (Å²) in [4.78, 5) is 14.2. The molecule has 25 heavy (non-hydrogen) atoms. The Balaban J connectivity index is 1.43. The Bertz CT molecular complexity index is 694. The van der Waals surface area contributed by atoms with Crippen LogP contribution in [0.15, 0.2) is 48.5 Å². The van der Waals surface area contributed by atoms with Crippen LogP contribution in [0.1, 0.15) is 11.1 Å². The van der Waals surface area contributed by atoms with Gasteiger partial charge >= 0.3 is 0 Å². The smallest absolute Gasteiger partial charge is 0.258 e. The molecule has 0 bridgehead atoms. The first kappa shape index (κ1) is 17.3. The fraction of sp³-hybridized carbons (Fsp3) is 0.350. The quantitative estimate of drug-likeness (QED) is 0.878. The topological polar surface area (TPSA) is 50.8 Å². The molecule has 1 N–H and O–H groups in total. The van der Waals surface area contributed by atoms with E-state index in [1.807, 2.05) is 43.3 Å². The van der Waals surface area contributed by atoms with Crippen LogP contribution in [-0.4, -0.2) is 38.8 Å². The van der Waals surface area contributed by atoms with Gasteiger partial charge in [0.2, 0.25) is 0 Å². The van der Waals surface area contributed by atoms with Crippen LogP contribution < -0.4 is 15.0 Å². The van der Waals surface area contributed by atoms with Gasteiger partial charge in [-0.2, -0.15) is 0 Å². The van der Waals surface area contributed by atoms with Gasteiger partial charge in [-0.05, 0) is 42.3 Å². The second-order valence-electron chi connectivity index (χ2n) is 6.15. The maximum Gasteiger partial charge on any atom is 0.258 e. The predicted molar refractivity (Wildman–Crippen MR) is 98.0 cm³/mol. The number of carbonyl (C=O) groups excluding carboxylic acids is 1. The lowest BCUT2D eigenvalue weighted by Crippen LogP contribution is -2.36. The minimum Gasteiger partial charge on any atom is -0.484 e. The molecular formula is C20H24N2O3. The second-order valence-corrected chi connectivity index (χ2v) is 6.15. The van der Waals surface area contributed by atoms with Gasteiger partial charge in [-0.1, -0.05) is 24.3 Å². The van der Waals surface area contributed by atoms with Crippen molar-refractivity contribution in [3.63, 3.8) is 0 Å². The zero-order valence-corrected chi connectivity index (χ0v) is 14.5. The molecule has 0 atom stereocenters. The number of ether oxygens (including phenoxy) is 2. The Morgan fingerprint density at radius 1 is 1.16 bits per heavy atom. The molecule has 0 aliphatic carbocycles. The van der Waals surface area contributed by atoms with Crippen molar-refractivity contribution < 1.29 is 14.3 Å². The fourth-order valence-electron chi connectivity index (χ4n) is 2.75. The highest BCUT2D eigenvalue weighted by Gasteiger charge is 2.11. The van der Waals surface area contributed by atoms with Crippen LogP contribution in [0.2, 0.25) is 0 Å². The number of benzene rings is 2. The lowest BCUT2D eigenvalue weighted by Gasteiger charge is -2.28. The number of aryl methyl sites for hydroxylation is 1. The van der Waals surface area contributed by atoms with Crippen molar-refractivity contribution in [2.24, 2.45) is 0 Å². The summed E-state index contributed by atoms with van der Waals surface area (Å²) in [7, 11) is 0. The molecule has 0 unspecified atom stereocenters. The van der Waals surface area contributed by atoms with Gasteiger partial charge in [0.25, 0.3) is 5.91 Å². The Morgan fingerprint density at radius 3 is 2.64 bits per heavy atom. The van der Waals surface area contributed by atoms with E-state index in [4.69, 9.17) is 9.47 Å². The molecule has 1 fully saturated rings. The molecule has 0 radical (unpaired) electrons. The van der Waals surface area contributed by atoms with Gasteiger partial charge in [0.1, 0.15) is 5.75 Å². The maximum atomic E-state index is 11.9. The molecule has 0 aromatic heterocycles. The zero-order valence-electron chi connectivity index (χ0n) is 14.5. The average Bonchev–Trinajstić information content (AvgIpc) is 2.66. The number of nitrogens with zero attached hydrogens (tertiary/aromatic N) is 1. The Labute approximate surface area is 148 Å². The Kier molecular flexibility index (Phi) is 5.90. The second kappa shape index (κ2) is 8.53. The van der Waals surface area contributed by atoms with E-state index in [9.17, 15) is 4.79 Å². The summed E-state index contributed by atoms with van der Waals surface area (Å²) < 4.78 is 10.9. The third-order valence-electron chi connectivity index (χ3n) is 4.16. The number of amides is 1. The molecule has 1 amide bonds. The van der Waals surface area contributed by atoms with Crippen LogP contribution in [0.25, 0.3) is 0 Å². The molecule has 1 aliphatic rings. The molecule has 1 heterocycles. The van der Waals surface area contributed by atoms with Crippen LogP contribution in [0, 0.1) is 6.92 Å². The maximum absolute atomic E-state index is 11.9. The number of nitrogens with one attached hydrogen (secondary N) is 1. The molecule has 2 aromatic rings. The van der Waals surface area contributed by atoms with Gasteiger partial charge in [-0.25, -0.2) is 0 Å². The van der Waals surface area contributed by atoms with Crippen LogP contribution in [0.5, 0.6) is 5.75 Å². The number of rotatable bonds is 6. The molecule has 5 nitrogen and oxygen atoms in total. The summed E-state index contributed by atoms with van der Waals surface area (Å²) in [6.07, 6.45) is 0. The van der Waals surface area contributed by atoms with Gasteiger partial charge in [-0.15, -0.1) is 0 Å². The van der Waals surface area contributed by atoms with E-state index >= 15 is 0 Å². The van der Waals surface area contributed by atoms with E-state index in [1.165, 1.54) is 5.69 Å². The minimum absolute atomic E-state index is 0.0231. The van der Waals surface area contributed by atoms with E-state index in [1.54, 1.807) is 0 Å². The fourth-order valence-corrected chi connectivity index (χ4v) is 2.75. The summed E-state index contributed by atoms with van der Waals surface area (Å²) in [5.41, 5.74) is 3.38. The van der Waals surface area contributed by atoms with Crippen molar-refractivity contribution in [1.29, 1.82) is 0 Å². The van der Waals surface area contributed by atoms with Gasteiger partial charge in [0.05, 0.1) is 13.2 Å². The van der Waals surface area contributed by atoms with Crippen molar-refractivity contribution in [1.82, 2.24) is 5.32 Å². The SMILES string of the molecule is Cc1cccc(OCC(=O)NCc2ccc(N3CCOCC3)cc2)c1. The lowest BCUT2D eigenvalue weighted by atomic mass is 10.2. The summed E-state index contributed by atoms with van der Waals surface area (Å²) in [6, 6.07) is 16.0. The molecule has 0 saturated carbocycles. The van der Waals surface area contributed by atoms with Crippen molar-refractivity contribution in [3.05, 3.63) is 59.7 Å². The summed E-state index contributed by atoms with van der Waals surface area (Å²) in [5.74, 6) is 0.587. The number of morpholine rings is 1. The summed E-state index contributed by atoms with van der Waals surface area (Å²) in [6.45, 7) is 5.92. The molecular weight excluding hydrogens is 316 g/mol. The molecule has 1 aliphatic heterocycles. The third kappa shape index (κ3) is 5.22. The van der Waals surface area contributed by atoms with Gasteiger partial charge < -0.3 is 19.7 Å². The minimum atomic E-state index is -0.126. The van der Waals surface area contributed by atoms with Crippen molar-refractivity contribution in [2.45, 2.75) is 13.5 Å². The van der Waals surface area contributed by atoms with Gasteiger partial charge in [-0.3, -0.25) is 4.79 Å². The molecule has 2 aromatic carbocycles. The molecule has 0 spiro atoms. The summed E-state index contributed by atoms with van der Waals surface area (Å²) >= 11 is 0. The predicted octanol–water partition coefficient (Wildman–Crippen LogP) is 2.53. The van der Waals surface area contributed by atoms with Crippen molar-refractivity contribution in [3.8, 4) is 5.75 Å². The Morgan fingerprint density at radius 2 is 1.92 bits per heavy atom. The highest BCUT2D eigenvalue weighted by atomic mass is 16.5. The first-order valence-electron chi connectivity index (χ1n) is 8.58. The molecule has 5 heteroatoms. The van der Waals surface area contributed by atoms with Crippen LogP contribution in [-0.2, 0) is 16.1 Å². The standard InChI is InChI=1S/C20H24N2O3/c1-16-3-2-4-19(13-16)25-15-20(23)21-14-17-5-7-18(8-6-17)22-9-11-24-12-10-22/h2-8,13H,9-12,14-15H2,1H3,(H,21,23). The lowest BCUT2D eigenvalue weighted by molar-refractivity contribution is -0.123. The van der Waals surface area contributed by atoms with Crippen LogP contribution in [0.4, 0.5) is 5.69 Å². The number of carbonyl (C=O) groups is 1. The molecule has 3 rings (SSSR count). The first-order chi connectivity index (χ1) is 12.2. The normalized spacial score (nSPS) is 14.2. The van der Waals surface area contributed by atoms with Gasteiger partial charge in [0.15, 0.2) is 6.61 Å². The average molecular weight is 340 g/mol. The number of hydrogen-bond donors (Lipinski definition) is 1. The largest absolute Gasteiger partial charge is 0.484 e.